The zero-order chi connectivity index (χ0) is 18.1. The molecule has 1 aromatic rings. The average Bonchev–Trinajstić information content (AvgIpc) is 2.91. The highest BCUT2D eigenvalue weighted by atomic mass is 35.5. The highest BCUT2D eigenvalue weighted by molar-refractivity contribution is 7.89. The van der Waals surface area contributed by atoms with Gasteiger partial charge in [0.15, 0.2) is 6.10 Å². The lowest BCUT2D eigenvalue weighted by Crippen LogP contribution is -2.41. The molecule has 1 fully saturated rings. The number of ether oxygens (including phenoxy) is 1. The molecule has 9 nitrogen and oxygen atoms in total. The molecule has 0 unspecified atom stereocenters. The first-order valence-electron chi connectivity index (χ1n) is 6.74. The van der Waals surface area contributed by atoms with Gasteiger partial charge in [0, 0.05) is 13.1 Å². The van der Waals surface area contributed by atoms with Gasteiger partial charge in [-0.15, -0.1) is 0 Å². The molecule has 1 saturated heterocycles. The van der Waals surface area contributed by atoms with Crippen LogP contribution in [0.1, 0.15) is 17.3 Å². The number of esters is 1. The van der Waals surface area contributed by atoms with Gasteiger partial charge in [0.1, 0.15) is 4.90 Å². The van der Waals surface area contributed by atoms with Crippen molar-refractivity contribution in [1.29, 1.82) is 0 Å². The van der Waals surface area contributed by atoms with Crippen LogP contribution in [0.4, 0.5) is 4.79 Å². The minimum Gasteiger partial charge on any atom is -0.449 e. The van der Waals surface area contributed by atoms with E-state index in [0.29, 0.717) is 6.54 Å². The Kier molecular flexibility index (Phi) is 5.11. The third-order valence-electron chi connectivity index (χ3n) is 3.23. The standard InChI is InChI=1S/C13H14ClN3O6S/c1-7(11(18)17-5-4-16-13(17)20)23-12(19)8-2-3-9(14)10(6-8)24(15,21)22/h2-3,6-7H,4-5H2,1H3,(H,16,20)(H2,15,21,22)/t7-/m0/s1. The largest absolute Gasteiger partial charge is 0.449 e. The molecule has 24 heavy (non-hydrogen) atoms. The van der Waals surface area contributed by atoms with E-state index in [1.165, 1.54) is 19.1 Å². The number of hydrogen-bond acceptors (Lipinski definition) is 6. The number of urea groups is 1. The van der Waals surface area contributed by atoms with Crippen LogP contribution in [-0.4, -0.2) is 50.4 Å². The van der Waals surface area contributed by atoms with Crippen molar-refractivity contribution in [2.24, 2.45) is 5.14 Å². The van der Waals surface area contributed by atoms with Gasteiger partial charge in [-0.25, -0.2) is 23.1 Å². The average molecular weight is 376 g/mol. The molecule has 1 atom stereocenters. The van der Waals surface area contributed by atoms with Crippen LogP contribution in [-0.2, 0) is 19.6 Å². The van der Waals surface area contributed by atoms with Crippen LogP contribution < -0.4 is 10.5 Å². The number of amides is 3. The van der Waals surface area contributed by atoms with Crippen molar-refractivity contribution in [3.05, 3.63) is 28.8 Å². The second-order valence-electron chi connectivity index (χ2n) is 4.96. The fourth-order valence-corrected chi connectivity index (χ4v) is 3.10. The second kappa shape index (κ2) is 6.75. The van der Waals surface area contributed by atoms with E-state index < -0.39 is 38.9 Å². The van der Waals surface area contributed by atoms with Crippen LogP contribution in [0.5, 0.6) is 0 Å². The number of imide groups is 1. The molecule has 1 aromatic carbocycles. The summed E-state index contributed by atoms with van der Waals surface area (Å²) in [5, 5.41) is 7.31. The number of nitrogens with zero attached hydrogens (tertiary/aromatic N) is 1. The minimum absolute atomic E-state index is 0.144. The van der Waals surface area contributed by atoms with E-state index in [2.05, 4.69) is 5.32 Å². The van der Waals surface area contributed by atoms with Crippen LogP contribution in [0, 0.1) is 0 Å². The second-order valence-corrected chi connectivity index (χ2v) is 6.90. The minimum atomic E-state index is -4.12. The Morgan fingerprint density at radius 2 is 2.08 bits per heavy atom. The predicted octanol–water partition coefficient (Wildman–Crippen LogP) is 0.0845. The Labute approximate surface area is 142 Å². The first-order valence-corrected chi connectivity index (χ1v) is 8.66. The smallest absolute Gasteiger partial charge is 0.338 e. The maximum atomic E-state index is 12.1. The fourth-order valence-electron chi connectivity index (χ4n) is 2.03. The highest BCUT2D eigenvalue weighted by Gasteiger charge is 2.32. The number of benzene rings is 1. The van der Waals surface area contributed by atoms with Crippen molar-refractivity contribution in [2.45, 2.75) is 17.9 Å². The van der Waals surface area contributed by atoms with Crippen molar-refractivity contribution >= 4 is 39.5 Å². The van der Waals surface area contributed by atoms with Crippen molar-refractivity contribution in [1.82, 2.24) is 10.2 Å². The third kappa shape index (κ3) is 3.83. The number of carbonyl (C=O) groups is 3. The van der Waals surface area contributed by atoms with Gasteiger partial charge in [-0.05, 0) is 25.1 Å². The highest BCUT2D eigenvalue weighted by Crippen LogP contribution is 2.22. The Bertz CT molecular complexity index is 810. The molecule has 0 aromatic heterocycles. The molecular weight excluding hydrogens is 362 g/mol. The van der Waals surface area contributed by atoms with Gasteiger partial charge < -0.3 is 10.1 Å². The van der Waals surface area contributed by atoms with Crippen LogP contribution in [0.2, 0.25) is 5.02 Å². The van der Waals surface area contributed by atoms with Gasteiger partial charge in [-0.1, -0.05) is 11.6 Å². The monoisotopic (exact) mass is 375 g/mol. The Morgan fingerprint density at radius 3 is 2.62 bits per heavy atom. The lowest BCUT2D eigenvalue weighted by molar-refractivity contribution is -0.136. The van der Waals surface area contributed by atoms with Crippen LogP contribution >= 0.6 is 11.6 Å². The molecule has 130 valence electrons. The third-order valence-corrected chi connectivity index (χ3v) is 4.62. The van der Waals surface area contributed by atoms with Gasteiger partial charge >= 0.3 is 12.0 Å². The molecule has 2 rings (SSSR count). The summed E-state index contributed by atoms with van der Waals surface area (Å²) in [6.45, 7) is 1.80. The number of nitrogens with two attached hydrogens (primary N) is 1. The summed E-state index contributed by atoms with van der Waals surface area (Å²) in [6, 6.07) is 2.81. The number of halogens is 1. The maximum Gasteiger partial charge on any atom is 0.338 e. The molecule has 1 heterocycles. The first kappa shape index (κ1) is 18.2. The van der Waals surface area contributed by atoms with Crippen molar-refractivity contribution in [3.8, 4) is 0 Å². The van der Waals surface area contributed by atoms with E-state index >= 15 is 0 Å². The Balaban J connectivity index is 2.15. The summed E-state index contributed by atoms with van der Waals surface area (Å²) >= 11 is 5.73. The zero-order valence-electron chi connectivity index (χ0n) is 12.5. The number of primary sulfonamides is 1. The van der Waals surface area contributed by atoms with Crippen molar-refractivity contribution in [2.75, 3.05) is 13.1 Å². The first-order chi connectivity index (χ1) is 11.1. The van der Waals surface area contributed by atoms with Gasteiger partial charge in [0.25, 0.3) is 5.91 Å². The van der Waals surface area contributed by atoms with E-state index in [-0.39, 0.29) is 17.1 Å². The Morgan fingerprint density at radius 1 is 1.42 bits per heavy atom. The topological polar surface area (TPSA) is 136 Å². The number of sulfonamides is 1. The van der Waals surface area contributed by atoms with Crippen molar-refractivity contribution < 1.29 is 27.5 Å². The molecular formula is C13H14ClN3O6S. The van der Waals surface area contributed by atoms with E-state index in [0.717, 1.165) is 11.0 Å². The molecule has 11 heteroatoms. The molecule has 1 aliphatic rings. The number of rotatable bonds is 4. The lowest BCUT2D eigenvalue weighted by Gasteiger charge is -2.18. The van der Waals surface area contributed by atoms with E-state index in [9.17, 15) is 22.8 Å². The SMILES string of the molecule is C[C@H](OC(=O)c1ccc(Cl)c(S(N)(=O)=O)c1)C(=O)N1CCNC1=O. The molecule has 3 amide bonds. The van der Waals surface area contributed by atoms with Gasteiger partial charge in [0.05, 0.1) is 10.6 Å². The van der Waals surface area contributed by atoms with Gasteiger partial charge in [-0.3, -0.25) is 9.69 Å². The van der Waals surface area contributed by atoms with Crippen LogP contribution in [0.3, 0.4) is 0 Å². The summed E-state index contributed by atoms with van der Waals surface area (Å²) < 4.78 is 27.8. The fraction of sp³-hybridized carbons (Fsp3) is 0.308. The summed E-state index contributed by atoms with van der Waals surface area (Å²) in [4.78, 5) is 36.0. The number of hydrogen-bond donors (Lipinski definition) is 2. The van der Waals surface area contributed by atoms with E-state index in [1.54, 1.807) is 0 Å². The molecule has 0 saturated carbocycles. The number of carbonyl (C=O) groups excluding carboxylic acids is 3. The summed E-state index contributed by atoms with van der Waals surface area (Å²) in [5.74, 6) is -1.63. The molecule has 0 aliphatic carbocycles. The molecule has 0 bridgehead atoms. The van der Waals surface area contributed by atoms with E-state index in [1.807, 2.05) is 0 Å². The molecule has 1 aliphatic heterocycles. The van der Waals surface area contributed by atoms with Crippen molar-refractivity contribution in [3.63, 3.8) is 0 Å². The number of nitrogens with one attached hydrogen (secondary N) is 1. The lowest BCUT2D eigenvalue weighted by atomic mass is 10.2. The Hall–Kier alpha value is -2.17. The van der Waals surface area contributed by atoms with Gasteiger partial charge in [0.2, 0.25) is 10.0 Å². The normalized spacial score (nSPS) is 15.8. The van der Waals surface area contributed by atoms with E-state index in [4.69, 9.17) is 21.5 Å². The zero-order valence-corrected chi connectivity index (χ0v) is 14.1. The van der Waals surface area contributed by atoms with Crippen LogP contribution in [0.15, 0.2) is 23.1 Å². The quantitative estimate of drug-likeness (QED) is 0.715. The molecule has 0 radical (unpaired) electrons. The summed E-state index contributed by atoms with van der Waals surface area (Å²) in [5.41, 5.74) is -0.144. The maximum absolute atomic E-state index is 12.1. The summed E-state index contributed by atoms with van der Waals surface area (Å²) in [7, 11) is -4.12. The van der Waals surface area contributed by atoms with Crippen LogP contribution in [0.25, 0.3) is 0 Å². The predicted molar refractivity (Wildman–Crippen MR) is 82.8 cm³/mol. The molecule has 3 N–H and O–H groups in total. The summed E-state index contributed by atoms with van der Waals surface area (Å²) in [6.07, 6.45) is -1.23. The van der Waals surface area contributed by atoms with Gasteiger partial charge in [-0.2, -0.15) is 0 Å². The molecule has 0 spiro atoms.